The zero-order chi connectivity index (χ0) is 13.7. The van der Waals surface area contributed by atoms with Gasteiger partial charge in [-0.2, -0.15) is 0 Å². The Morgan fingerprint density at radius 3 is 2.11 bits per heavy atom. The zero-order valence-electron chi connectivity index (χ0n) is 10.4. The molecule has 0 saturated carbocycles. The average molecular weight is 258 g/mol. The molecule has 98 valence electrons. The molecule has 4 heteroatoms. The molecule has 4 nitrogen and oxygen atoms in total. The molecule has 0 aliphatic heterocycles. The minimum Gasteiger partial charge on any atom is -0.497 e. The molecule has 0 heterocycles. The first-order valence-electron chi connectivity index (χ1n) is 5.79. The fraction of sp³-hybridized carbons (Fsp3) is 0.133. The third kappa shape index (κ3) is 3.25. The summed E-state index contributed by atoms with van der Waals surface area (Å²) in [5.74, 6) is 0.151. The highest BCUT2D eigenvalue weighted by Gasteiger charge is 2.21. The maximum Gasteiger partial charge on any atom is 0.349 e. The second-order valence-corrected chi connectivity index (χ2v) is 3.92. The van der Waals surface area contributed by atoms with Crippen molar-refractivity contribution in [3.05, 3.63) is 60.2 Å². The van der Waals surface area contributed by atoms with Crippen molar-refractivity contribution >= 4 is 5.97 Å². The Hall–Kier alpha value is -2.49. The number of benzene rings is 2. The average Bonchev–Trinajstić information content (AvgIpc) is 2.46. The van der Waals surface area contributed by atoms with Gasteiger partial charge >= 0.3 is 5.97 Å². The third-order valence-corrected chi connectivity index (χ3v) is 2.64. The van der Waals surface area contributed by atoms with Crippen LogP contribution < -0.4 is 9.47 Å². The molecule has 0 aliphatic rings. The van der Waals surface area contributed by atoms with Crippen LogP contribution in [0.3, 0.4) is 0 Å². The van der Waals surface area contributed by atoms with Gasteiger partial charge in [0.15, 0.2) is 0 Å². The number of hydrogen-bond acceptors (Lipinski definition) is 3. The highest BCUT2D eigenvalue weighted by atomic mass is 16.5. The van der Waals surface area contributed by atoms with Crippen LogP contribution in [-0.4, -0.2) is 18.2 Å². The van der Waals surface area contributed by atoms with Crippen LogP contribution in [0, 0.1) is 0 Å². The fourth-order valence-corrected chi connectivity index (χ4v) is 1.68. The molecule has 0 radical (unpaired) electrons. The molecule has 2 aromatic carbocycles. The van der Waals surface area contributed by atoms with E-state index in [1.165, 1.54) is 0 Å². The van der Waals surface area contributed by atoms with Crippen molar-refractivity contribution in [1.29, 1.82) is 0 Å². The van der Waals surface area contributed by atoms with Crippen LogP contribution in [-0.2, 0) is 4.79 Å². The Kier molecular flexibility index (Phi) is 4.03. The summed E-state index contributed by atoms with van der Waals surface area (Å²) in [4.78, 5) is 11.3. The summed E-state index contributed by atoms with van der Waals surface area (Å²) < 4.78 is 10.5. The van der Waals surface area contributed by atoms with E-state index in [0.29, 0.717) is 17.1 Å². The largest absolute Gasteiger partial charge is 0.497 e. The molecule has 1 N–H and O–H groups in total. The first-order chi connectivity index (χ1) is 9.20. The summed E-state index contributed by atoms with van der Waals surface area (Å²) in [6, 6.07) is 15.6. The number of carbonyl (C=O) groups is 1. The Labute approximate surface area is 111 Å². The van der Waals surface area contributed by atoms with Crippen LogP contribution in [0.2, 0.25) is 0 Å². The van der Waals surface area contributed by atoms with Crippen LogP contribution in [0.1, 0.15) is 11.7 Å². The van der Waals surface area contributed by atoms with Crippen LogP contribution in [0.25, 0.3) is 0 Å². The number of hydrogen-bond donors (Lipinski definition) is 1. The summed E-state index contributed by atoms with van der Waals surface area (Å²) >= 11 is 0. The summed E-state index contributed by atoms with van der Waals surface area (Å²) in [6.45, 7) is 0. The van der Waals surface area contributed by atoms with Crippen molar-refractivity contribution in [3.63, 3.8) is 0 Å². The van der Waals surface area contributed by atoms with Crippen molar-refractivity contribution in [1.82, 2.24) is 0 Å². The van der Waals surface area contributed by atoms with Crippen LogP contribution in [0.4, 0.5) is 0 Å². The number of carboxylic acids is 1. The number of carboxylic acid groups (broad SMARTS) is 1. The van der Waals surface area contributed by atoms with Crippen molar-refractivity contribution < 1.29 is 19.4 Å². The van der Waals surface area contributed by atoms with Crippen molar-refractivity contribution in [3.8, 4) is 11.5 Å². The van der Waals surface area contributed by atoms with Gasteiger partial charge in [-0.3, -0.25) is 0 Å². The van der Waals surface area contributed by atoms with Gasteiger partial charge in [-0.05, 0) is 24.3 Å². The van der Waals surface area contributed by atoms with E-state index >= 15 is 0 Å². The quantitative estimate of drug-likeness (QED) is 0.895. The van der Waals surface area contributed by atoms with E-state index in [2.05, 4.69) is 0 Å². The summed E-state index contributed by atoms with van der Waals surface area (Å²) in [7, 11) is 1.57. The van der Waals surface area contributed by atoms with Gasteiger partial charge in [-0.1, -0.05) is 30.3 Å². The standard InChI is InChI=1S/C15H14O4/c1-18-12-7-9-13(10-8-12)19-14(15(16)17)11-5-3-2-4-6-11/h2-10,14H,1H3,(H,16,17). The lowest BCUT2D eigenvalue weighted by atomic mass is 10.1. The van der Waals surface area contributed by atoms with E-state index in [0.717, 1.165) is 0 Å². The van der Waals surface area contributed by atoms with Crippen LogP contribution >= 0.6 is 0 Å². The highest BCUT2D eigenvalue weighted by Crippen LogP contribution is 2.24. The monoisotopic (exact) mass is 258 g/mol. The molecule has 0 aliphatic carbocycles. The molecule has 2 aromatic rings. The van der Waals surface area contributed by atoms with E-state index in [-0.39, 0.29) is 0 Å². The van der Waals surface area contributed by atoms with Gasteiger partial charge in [0.25, 0.3) is 0 Å². The van der Waals surface area contributed by atoms with E-state index in [1.54, 1.807) is 55.6 Å². The van der Waals surface area contributed by atoms with Crippen molar-refractivity contribution in [2.24, 2.45) is 0 Å². The molecule has 19 heavy (non-hydrogen) atoms. The molecule has 0 spiro atoms. The van der Waals surface area contributed by atoms with Gasteiger partial charge in [-0.25, -0.2) is 4.79 Å². The van der Waals surface area contributed by atoms with Crippen LogP contribution in [0.5, 0.6) is 11.5 Å². The number of rotatable bonds is 5. The smallest absolute Gasteiger partial charge is 0.349 e. The maximum atomic E-state index is 11.3. The second kappa shape index (κ2) is 5.91. The number of ether oxygens (including phenoxy) is 2. The summed E-state index contributed by atoms with van der Waals surface area (Å²) in [6.07, 6.45) is -1.02. The topological polar surface area (TPSA) is 55.8 Å². The second-order valence-electron chi connectivity index (χ2n) is 3.92. The molecule has 1 atom stereocenters. The number of methoxy groups -OCH3 is 1. The van der Waals surface area contributed by atoms with E-state index in [9.17, 15) is 9.90 Å². The Balaban J connectivity index is 2.19. The first kappa shape index (κ1) is 13.0. The predicted octanol–water partition coefficient (Wildman–Crippen LogP) is 2.90. The SMILES string of the molecule is COc1ccc(OC(C(=O)O)c2ccccc2)cc1. The minimum absolute atomic E-state index is 0.483. The van der Waals surface area contributed by atoms with Gasteiger partial charge in [0.1, 0.15) is 11.5 Å². The lowest BCUT2D eigenvalue weighted by molar-refractivity contribution is -0.145. The molecule has 0 aromatic heterocycles. The van der Waals surface area contributed by atoms with Crippen molar-refractivity contribution in [2.75, 3.05) is 7.11 Å². The van der Waals surface area contributed by atoms with Gasteiger partial charge < -0.3 is 14.6 Å². The molecular formula is C15H14O4. The maximum absolute atomic E-state index is 11.3. The molecule has 0 bridgehead atoms. The minimum atomic E-state index is -1.03. The van der Waals surface area contributed by atoms with Gasteiger partial charge in [0.05, 0.1) is 7.11 Å². The molecule has 0 amide bonds. The van der Waals surface area contributed by atoms with E-state index in [1.807, 2.05) is 6.07 Å². The highest BCUT2D eigenvalue weighted by molar-refractivity contribution is 5.74. The van der Waals surface area contributed by atoms with Gasteiger partial charge in [0.2, 0.25) is 6.10 Å². The van der Waals surface area contributed by atoms with Crippen molar-refractivity contribution in [2.45, 2.75) is 6.10 Å². The lowest BCUT2D eigenvalue weighted by Crippen LogP contribution is -2.18. The van der Waals surface area contributed by atoms with Gasteiger partial charge in [0, 0.05) is 5.56 Å². The molecule has 0 saturated heterocycles. The fourth-order valence-electron chi connectivity index (χ4n) is 1.68. The Bertz CT molecular complexity index is 534. The predicted molar refractivity (Wildman–Crippen MR) is 70.4 cm³/mol. The molecule has 0 fully saturated rings. The Morgan fingerprint density at radius 1 is 1.00 bits per heavy atom. The molecule has 1 unspecified atom stereocenters. The zero-order valence-corrected chi connectivity index (χ0v) is 10.4. The van der Waals surface area contributed by atoms with Crippen LogP contribution in [0.15, 0.2) is 54.6 Å². The first-order valence-corrected chi connectivity index (χ1v) is 5.79. The number of aliphatic carboxylic acids is 1. The summed E-state index contributed by atoms with van der Waals surface area (Å²) in [5, 5.41) is 9.24. The normalized spacial score (nSPS) is 11.6. The lowest BCUT2D eigenvalue weighted by Gasteiger charge is -2.15. The van der Waals surface area contributed by atoms with E-state index < -0.39 is 12.1 Å². The van der Waals surface area contributed by atoms with Gasteiger partial charge in [-0.15, -0.1) is 0 Å². The van der Waals surface area contributed by atoms with E-state index in [4.69, 9.17) is 9.47 Å². The summed E-state index contributed by atoms with van der Waals surface area (Å²) in [5.41, 5.74) is 0.603. The third-order valence-electron chi connectivity index (χ3n) is 2.64. The molecule has 2 rings (SSSR count). The Morgan fingerprint density at radius 2 is 1.58 bits per heavy atom. The molecular weight excluding hydrogens is 244 g/mol.